The number of amides is 1. The van der Waals surface area contributed by atoms with Crippen LogP contribution >= 0.6 is 0 Å². The molecule has 0 saturated heterocycles. The number of hydrogen-bond donors (Lipinski definition) is 2. The summed E-state index contributed by atoms with van der Waals surface area (Å²) in [5, 5.41) is 6.16. The van der Waals surface area contributed by atoms with Crippen LogP contribution in [0.25, 0.3) is 0 Å². The molecule has 1 amide bonds. The number of ether oxygens (including phenoxy) is 1. The second-order valence-corrected chi connectivity index (χ2v) is 7.15. The summed E-state index contributed by atoms with van der Waals surface area (Å²) >= 11 is 0. The fraction of sp³-hybridized carbons (Fsp3) is 0.240. The van der Waals surface area contributed by atoms with Gasteiger partial charge in [0.05, 0.1) is 18.8 Å². The number of anilines is 2. The SMILES string of the molecule is Cc1ccc(C)c(NCC(=O)Nc2ccccc2OCCCc2ccccc2)c1. The van der Waals surface area contributed by atoms with E-state index >= 15 is 0 Å². The number of nitrogens with one attached hydrogen (secondary N) is 2. The molecule has 0 aliphatic heterocycles. The summed E-state index contributed by atoms with van der Waals surface area (Å²) in [4.78, 5) is 12.4. The molecule has 150 valence electrons. The minimum absolute atomic E-state index is 0.105. The van der Waals surface area contributed by atoms with Gasteiger partial charge in [-0.2, -0.15) is 0 Å². The fourth-order valence-electron chi connectivity index (χ4n) is 3.10. The molecular formula is C25H28N2O2. The molecule has 0 aliphatic rings. The Morgan fingerprint density at radius 1 is 0.897 bits per heavy atom. The molecule has 2 N–H and O–H groups in total. The van der Waals surface area contributed by atoms with Crippen molar-refractivity contribution in [2.75, 3.05) is 23.8 Å². The zero-order valence-electron chi connectivity index (χ0n) is 17.1. The van der Waals surface area contributed by atoms with Gasteiger partial charge in [0.15, 0.2) is 0 Å². The van der Waals surface area contributed by atoms with Crippen LogP contribution in [0.1, 0.15) is 23.1 Å². The second-order valence-electron chi connectivity index (χ2n) is 7.15. The maximum absolute atomic E-state index is 12.4. The predicted octanol–water partition coefficient (Wildman–Crippen LogP) is 5.37. The highest BCUT2D eigenvalue weighted by molar-refractivity contribution is 5.95. The molecule has 4 nitrogen and oxygen atoms in total. The molecular weight excluding hydrogens is 360 g/mol. The van der Waals surface area contributed by atoms with Crippen LogP contribution in [0.3, 0.4) is 0 Å². The van der Waals surface area contributed by atoms with E-state index in [4.69, 9.17) is 4.74 Å². The van der Waals surface area contributed by atoms with E-state index in [0.29, 0.717) is 18.0 Å². The van der Waals surface area contributed by atoms with Crippen LogP contribution in [0.15, 0.2) is 72.8 Å². The zero-order valence-corrected chi connectivity index (χ0v) is 17.1. The normalized spacial score (nSPS) is 10.4. The van der Waals surface area contributed by atoms with Gasteiger partial charge in [0.1, 0.15) is 5.75 Å². The number of carbonyl (C=O) groups is 1. The first-order valence-electron chi connectivity index (χ1n) is 9.98. The van der Waals surface area contributed by atoms with Crippen LogP contribution in [0.5, 0.6) is 5.75 Å². The topological polar surface area (TPSA) is 50.4 Å². The Bertz CT molecular complexity index is 939. The first kappa shape index (κ1) is 20.5. The lowest BCUT2D eigenvalue weighted by atomic mass is 10.1. The van der Waals surface area contributed by atoms with Gasteiger partial charge in [0, 0.05) is 5.69 Å². The highest BCUT2D eigenvalue weighted by Crippen LogP contribution is 2.24. The molecule has 0 heterocycles. The molecule has 0 spiro atoms. The summed E-state index contributed by atoms with van der Waals surface area (Å²) in [6.45, 7) is 4.86. The third-order valence-corrected chi connectivity index (χ3v) is 4.70. The highest BCUT2D eigenvalue weighted by atomic mass is 16.5. The summed E-state index contributed by atoms with van der Waals surface area (Å²) in [7, 11) is 0. The lowest BCUT2D eigenvalue weighted by molar-refractivity contribution is -0.114. The van der Waals surface area contributed by atoms with Crippen molar-refractivity contribution < 1.29 is 9.53 Å². The number of para-hydroxylation sites is 2. The van der Waals surface area contributed by atoms with Gasteiger partial charge >= 0.3 is 0 Å². The number of carbonyl (C=O) groups excluding carboxylic acids is 1. The minimum Gasteiger partial charge on any atom is -0.491 e. The van der Waals surface area contributed by atoms with E-state index in [0.717, 1.165) is 29.7 Å². The second kappa shape index (κ2) is 10.3. The van der Waals surface area contributed by atoms with Crippen molar-refractivity contribution in [3.63, 3.8) is 0 Å². The van der Waals surface area contributed by atoms with Crippen molar-refractivity contribution in [1.82, 2.24) is 0 Å². The molecule has 0 aliphatic carbocycles. The Hall–Kier alpha value is -3.27. The van der Waals surface area contributed by atoms with Gasteiger partial charge in [-0.25, -0.2) is 0 Å². The summed E-state index contributed by atoms with van der Waals surface area (Å²) in [6, 6.07) is 24.1. The predicted molar refractivity (Wildman–Crippen MR) is 120 cm³/mol. The van der Waals surface area contributed by atoms with E-state index in [2.05, 4.69) is 28.8 Å². The molecule has 4 heteroatoms. The molecule has 3 aromatic rings. The first-order chi connectivity index (χ1) is 14.1. The number of hydrogen-bond acceptors (Lipinski definition) is 3. The Morgan fingerprint density at radius 3 is 2.48 bits per heavy atom. The largest absolute Gasteiger partial charge is 0.491 e. The smallest absolute Gasteiger partial charge is 0.243 e. The average Bonchev–Trinajstić information content (AvgIpc) is 2.74. The maximum atomic E-state index is 12.4. The van der Waals surface area contributed by atoms with Gasteiger partial charge in [0.25, 0.3) is 0 Å². The van der Waals surface area contributed by atoms with Crippen LogP contribution in [0, 0.1) is 13.8 Å². The lowest BCUT2D eigenvalue weighted by Gasteiger charge is -2.14. The summed E-state index contributed by atoms with van der Waals surface area (Å²) in [6.07, 6.45) is 1.88. The van der Waals surface area contributed by atoms with E-state index in [9.17, 15) is 4.79 Å². The molecule has 0 atom stereocenters. The molecule has 0 fully saturated rings. The molecule has 3 aromatic carbocycles. The van der Waals surface area contributed by atoms with Gasteiger partial charge in [-0.15, -0.1) is 0 Å². The molecule has 0 unspecified atom stereocenters. The van der Waals surface area contributed by atoms with Gasteiger partial charge < -0.3 is 15.4 Å². The standard InChI is InChI=1S/C25H28N2O2/c1-19-14-15-20(2)23(17-19)26-18-25(28)27-22-12-6-7-13-24(22)29-16-8-11-21-9-4-3-5-10-21/h3-7,9-10,12-15,17,26H,8,11,16,18H2,1-2H3,(H,27,28). The summed E-state index contributed by atoms with van der Waals surface area (Å²) in [5.74, 6) is 0.590. The van der Waals surface area contributed by atoms with E-state index in [-0.39, 0.29) is 12.5 Å². The van der Waals surface area contributed by atoms with Crippen molar-refractivity contribution in [1.29, 1.82) is 0 Å². The Labute approximate surface area is 172 Å². The van der Waals surface area contributed by atoms with Gasteiger partial charge in [-0.1, -0.05) is 54.6 Å². The average molecular weight is 389 g/mol. The summed E-state index contributed by atoms with van der Waals surface area (Å²) < 4.78 is 5.92. The molecule has 3 rings (SSSR count). The Morgan fingerprint density at radius 2 is 1.66 bits per heavy atom. The Balaban J connectivity index is 1.50. The molecule has 29 heavy (non-hydrogen) atoms. The fourth-order valence-corrected chi connectivity index (χ4v) is 3.10. The van der Waals surface area contributed by atoms with E-state index in [1.807, 2.05) is 68.4 Å². The van der Waals surface area contributed by atoms with Crippen LogP contribution in [-0.2, 0) is 11.2 Å². The monoisotopic (exact) mass is 388 g/mol. The minimum atomic E-state index is -0.105. The van der Waals surface area contributed by atoms with E-state index in [1.165, 1.54) is 5.56 Å². The van der Waals surface area contributed by atoms with E-state index < -0.39 is 0 Å². The molecule has 0 bridgehead atoms. The van der Waals surface area contributed by atoms with Crippen LogP contribution in [-0.4, -0.2) is 19.1 Å². The zero-order chi connectivity index (χ0) is 20.5. The van der Waals surface area contributed by atoms with Gasteiger partial charge in [-0.3, -0.25) is 4.79 Å². The van der Waals surface area contributed by atoms with Crippen LogP contribution in [0.4, 0.5) is 11.4 Å². The first-order valence-corrected chi connectivity index (χ1v) is 9.98. The molecule has 0 saturated carbocycles. The van der Waals surface area contributed by atoms with Crippen LogP contribution in [0.2, 0.25) is 0 Å². The lowest BCUT2D eigenvalue weighted by Crippen LogP contribution is -2.22. The number of aryl methyl sites for hydroxylation is 3. The van der Waals surface area contributed by atoms with Crippen molar-refractivity contribution in [2.45, 2.75) is 26.7 Å². The van der Waals surface area contributed by atoms with Crippen molar-refractivity contribution >= 4 is 17.3 Å². The quantitative estimate of drug-likeness (QED) is 0.485. The Kier molecular flexibility index (Phi) is 7.28. The van der Waals surface area contributed by atoms with Crippen molar-refractivity contribution in [2.24, 2.45) is 0 Å². The van der Waals surface area contributed by atoms with Crippen molar-refractivity contribution in [3.05, 3.63) is 89.5 Å². The number of rotatable bonds is 9. The molecule has 0 radical (unpaired) electrons. The van der Waals surface area contributed by atoms with Crippen molar-refractivity contribution in [3.8, 4) is 5.75 Å². The van der Waals surface area contributed by atoms with E-state index in [1.54, 1.807) is 0 Å². The highest BCUT2D eigenvalue weighted by Gasteiger charge is 2.08. The van der Waals surface area contributed by atoms with Gasteiger partial charge in [0.2, 0.25) is 5.91 Å². The number of benzene rings is 3. The third-order valence-electron chi connectivity index (χ3n) is 4.70. The maximum Gasteiger partial charge on any atom is 0.243 e. The van der Waals surface area contributed by atoms with Gasteiger partial charge in [-0.05, 0) is 61.6 Å². The van der Waals surface area contributed by atoms with Crippen LogP contribution < -0.4 is 15.4 Å². The molecule has 0 aromatic heterocycles. The third kappa shape index (κ3) is 6.39. The summed E-state index contributed by atoms with van der Waals surface area (Å²) in [5.41, 5.74) is 5.25.